The highest BCUT2D eigenvalue weighted by Crippen LogP contribution is 2.35. The van der Waals surface area contributed by atoms with Crippen LogP contribution in [-0.4, -0.2) is 26.7 Å². The van der Waals surface area contributed by atoms with E-state index in [-0.39, 0.29) is 17.1 Å². The lowest BCUT2D eigenvalue weighted by atomic mass is 10.1. The van der Waals surface area contributed by atoms with Crippen molar-refractivity contribution in [2.24, 2.45) is 0 Å². The fraction of sp³-hybridized carbons (Fsp3) is 0.154. The van der Waals surface area contributed by atoms with Crippen LogP contribution in [0.5, 0.6) is 5.75 Å². The zero-order chi connectivity index (χ0) is 15.9. The number of benzene rings is 1. The van der Waals surface area contributed by atoms with E-state index < -0.39 is 23.4 Å². The number of methoxy groups -OCH3 is 1. The molecule has 114 valence electrons. The van der Waals surface area contributed by atoms with E-state index in [1.807, 2.05) is 0 Å². The summed E-state index contributed by atoms with van der Waals surface area (Å²) in [6.45, 7) is 0. The minimum Gasteiger partial charge on any atom is -0.494 e. The van der Waals surface area contributed by atoms with Gasteiger partial charge in [0.2, 0.25) is 0 Å². The fourth-order valence-corrected chi connectivity index (χ4v) is 1.95. The third kappa shape index (κ3) is 2.34. The summed E-state index contributed by atoms with van der Waals surface area (Å²) >= 11 is 0. The van der Waals surface area contributed by atoms with Crippen LogP contribution in [0, 0.1) is 5.82 Å². The Kier molecular flexibility index (Phi) is 3.19. The number of ether oxygens (including phenoxy) is 1. The SMILES string of the molecule is COc1cc(-c2nn3ccnc3nc2C(F)(F)F)ccc1F. The molecule has 2 heterocycles. The second-order valence-corrected chi connectivity index (χ2v) is 4.33. The molecular weight excluding hydrogens is 304 g/mol. The van der Waals surface area contributed by atoms with E-state index in [2.05, 4.69) is 15.1 Å². The van der Waals surface area contributed by atoms with Crippen molar-refractivity contribution in [1.29, 1.82) is 0 Å². The normalized spacial score (nSPS) is 11.9. The van der Waals surface area contributed by atoms with E-state index in [1.54, 1.807) is 0 Å². The Morgan fingerprint density at radius 2 is 2.00 bits per heavy atom. The molecule has 0 amide bonds. The molecule has 0 radical (unpaired) electrons. The number of aromatic nitrogens is 4. The first-order valence-electron chi connectivity index (χ1n) is 6.02. The highest BCUT2D eigenvalue weighted by atomic mass is 19.4. The van der Waals surface area contributed by atoms with Crippen molar-refractivity contribution in [3.05, 3.63) is 42.1 Å². The van der Waals surface area contributed by atoms with Gasteiger partial charge < -0.3 is 4.74 Å². The highest BCUT2D eigenvalue weighted by molar-refractivity contribution is 5.64. The Balaban J connectivity index is 2.28. The summed E-state index contributed by atoms with van der Waals surface area (Å²) < 4.78 is 58.9. The quantitative estimate of drug-likeness (QED) is 0.683. The van der Waals surface area contributed by atoms with Gasteiger partial charge in [-0.1, -0.05) is 0 Å². The lowest BCUT2D eigenvalue weighted by molar-refractivity contribution is -0.140. The van der Waals surface area contributed by atoms with Crippen LogP contribution in [0.2, 0.25) is 0 Å². The molecular formula is C13H8F4N4O. The van der Waals surface area contributed by atoms with Crippen molar-refractivity contribution in [3.8, 4) is 17.0 Å². The van der Waals surface area contributed by atoms with Crippen LogP contribution in [-0.2, 0) is 6.18 Å². The molecule has 22 heavy (non-hydrogen) atoms. The average molecular weight is 312 g/mol. The van der Waals surface area contributed by atoms with Crippen LogP contribution in [0.3, 0.4) is 0 Å². The lowest BCUT2D eigenvalue weighted by Crippen LogP contribution is -2.14. The topological polar surface area (TPSA) is 52.3 Å². The average Bonchev–Trinajstić information content (AvgIpc) is 2.93. The van der Waals surface area contributed by atoms with Crippen LogP contribution in [0.1, 0.15) is 5.69 Å². The first-order chi connectivity index (χ1) is 10.4. The number of alkyl halides is 3. The molecule has 0 unspecified atom stereocenters. The number of hydrogen-bond acceptors (Lipinski definition) is 4. The summed E-state index contributed by atoms with van der Waals surface area (Å²) in [7, 11) is 1.22. The lowest BCUT2D eigenvalue weighted by Gasteiger charge is -2.12. The molecule has 0 aliphatic heterocycles. The van der Waals surface area contributed by atoms with Crippen molar-refractivity contribution in [3.63, 3.8) is 0 Å². The summed E-state index contributed by atoms with van der Waals surface area (Å²) in [5, 5.41) is 3.87. The van der Waals surface area contributed by atoms with Crippen molar-refractivity contribution in [2.45, 2.75) is 6.18 Å². The molecule has 0 aliphatic carbocycles. The van der Waals surface area contributed by atoms with Gasteiger partial charge in [0, 0.05) is 11.8 Å². The number of imidazole rings is 1. The Morgan fingerprint density at radius 3 is 2.68 bits per heavy atom. The smallest absolute Gasteiger partial charge is 0.435 e. The van der Waals surface area contributed by atoms with E-state index in [0.29, 0.717) is 0 Å². The predicted molar refractivity (Wildman–Crippen MR) is 67.7 cm³/mol. The van der Waals surface area contributed by atoms with E-state index >= 15 is 0 Å². The van der Waals surface area contributed by atoms with Crippen molar-refractivity contribution >= 4 is 5.78 Å². The van der Waals surface area contributed by atoms with E-state index in [0.717, 1.165) is 16.6 Å². The molecule has 0 atom stereocenters. The Morgan fingerprint density at radius 1 is 1.23 bits per heavy atom. The third-order valence-electron chi connectivity index (χ3n) is 2.94. The van der Waals surface area contributed by atoms with Crippen LogP contribution >= 0.6 is 0 Å². The van der Waals surface area contributed by atoms with E-state index in [9.17, 15) is 17.6 Å². The Bertz CT molecular complexity index is 844. The molecule has 9 heteroatoms. The monoisotopic (exact) mass is 312 g/mol. The van der Waals surface area contributed by atoms with Gasteiger partial charge in [0.15, 0.2) is 17.3 Å². The minimum atomic E-state index is -4.72. The summed E-state index contributed by atoms with van der Waals surface area (Å²) in [5.74, 6) is -1.04. The Labute approximate surface area is 121 Å². The maximum absolute atomic E-state index is 13.4. The maximum Gasteiger partial charge on any atom is 0.435 e. The predicted octanol–water partition coefficient (Wildman–Crippen LogP) is 2.96. The molecule has 2 aromatic heterocycles. The first-order valence-corrected chi connectivity index (χ1v) is 6.02. The fourth-order valence-electron chi connectivity index (χ4n) is 1.95. The van der Waals surface area contributed by atoms with Gasteiger partial charge in [0.25, 0.3) is 5.78 Å². The van der Waals surface area contributed by atoms with E-state index in [1.165, 1.54) is 25.6 Å². The van der Waals surface area contributed by atoms with Gasteiger partial charge in [-0.05, 0) is 18.2 Å². The molecule has 3 rings (SSSR count). The highest BCUT2D eigenvalue weighted by Gasteiger charge is 2.37. The van der Waals surface area contributed by atoms with Gasteiger partial charge >= 0.3 is 6.18 Å². The summed E-state index contributed by atoms with van der Waals surface area (Å²) in [6, 6.07) is 3.32. The molecule has 3 aromatic rings. The number of halogens is 4. The molecule has 0 spiro atoms. The Hall–Kier alpha value is -2.71. The molecule has 5 nitrogen and oxygen atoms in total. The molecule has 0 saturated carbocycles. The molecule has 0 bridgehead atoms. The van der Waals surface area contributed by atoms with Crippen LogP contribution < -0.4 is 4.74 Å². The number of rotatable bonds is 2. The molecule has 0 N–H and O–H groups in total. The van der Waals surface area contributed by atoms with Gasteiger partial charge in [-0.15, -0.1) is 0 Å². The largest absolute Gasteiger partial charge is 0.494 e. The van der Waals surface area contributed by atoms with E-state index in [4.69, 9.17) is 4.74 Å². The number of fused-ring (bicyclic) bond motifs is 1. The summed E-state index contributed by atoms with van der Waals surface area (Å²) in [5.41, 5.74) is -1.59. The summed E-state index contributed by atoms with van der Waals surface area (Å²) in [6.07, 6.45) is -2.07. The zero-order valence-corrected chi connectivity index (χ0v) is 11.1. The molecule has 0 aliphatic rings. The second kappa shape index (κ2) is 4.93. The van der Waals surface area contributed by atoms with Crippen molar-refractivity contribution in [1.82, 2.24) is 19.6 Å². The standard InChI is InChI=1S/C13H8F4N4O/c1-22-9-6-7(2-3-8(9)14)10-11(13(15,16)17)19-12-18-4-5-21(12)20-10/h2-6H,1H3. The maximum atomic E-state index is 13.4. The van der Waals surface area contributed by atoms with Crippen molar-refractivity contribution in [2.75, 3.05) is 7.11 Å². The third-order valence-corrected chi connectivity index (χ3v) is 2.94. The number of hydrogen-bond donors (Lipinski definition) is 0. The van der Waals surface area contributed by atoms with Gasteiger partial charge in [-0.2, -0.15) is 18.3 Å². The molecule has 1 aromatic carbocycles. The van der Waals surface area contributed by atoms with Crippen LogP contribution in [0.25, 0.3) is 17.0 Å². The zero-order valence-electron chi connectivity index (χ0n) is 11.1. The van der Waals surface area contributed by atoms with Gasteiger partial charge in [-0.3, -0.25) is 0 Å². The molecule has 0 fully saturated rings. The minimum absolute atomic E-state index is 0.0358. The summed E-state index contributed by atoms with van der Waals surface area (Å²) in [4.78, 5) is 7.17. The first kappa shape index (κ1) is 14.2. The van der Waals surface area contributed by atoms with Gasteiger partial charge in [-0.25, -0.2) is 18.9 Å². The second-order valence-electron chi connectivity index (χ2n) is 4.33. The van der Waals surface area contributed by atoms with Gasteiger partial charge in [0.05, 0.1) is 13.3 Å². The van der Waals surface area contributed by atoms with Crippen LogP contribution in [0.4, 0.5) is 17.6 Å². The molecule has 0 saturated heterocycles. The number of nitrogens with zero attached hydrogens (tertiary/aromatic N) is 4. The van der Waals surface area contributed by atoms with Crippen molar-refractivity contribution < 1.29 is 22.3 Å². The van der Waals surface area contributed by atoms with Gasteiger partial charge in [0.1, 0.15) is 5.69 Å². The van der Waals surface area contributed by atoms with Crippen LogP contribution in [0.15, 0.2) is 30.6 Å².